The van der Waals surface area contributed by atoms with E-state index in [1.165, 1.54) is 0 Å². The smallest absolute Gasteiger partial charge is 0.268 e. The Bertz CT molecular complexity index is 2610. The zero-order chi connectivity index (χ0) is 42.0. The van der Waals surface area contributed by atoms with Gasteiger partial charge in [0, 0.05) is 37.8 Å². The molecule has 10 rings (SSSR count). The van der Waals surface area contributed by atoms with Crippen LogP contribution < -0.4 is 33.2 Å². The average Bonchev–Trinajstić information content (AvgIpc) is 4.12. The second-order valence-electron chi connectivity index (χ2n) is 13.2. The van der Waals surface area contributed by atoms with E-state index in [1.807, 2.05) is 146 Å². The molecule has 311 valence electrons. The molecule has 0 aliphatic heterocycles. The van der Waals surface area contributed by atoms with Gasteiger partial charge in [-0.15, -0.1) is 24.3 Å². The van der Waals surface area contributed by atoms with Crippen molar-refractivity contribution in [2.45, 2.75) is 0 Å². The standard InChI is InChI=1S/2C21H17N2O2.C7H5N4.Ir/c2*1-24-18-11-7-16(8-12-18)22-15-23(21-6-4-3-5-20(21)22)17-9-13-19(25-2)14-10-17;1-2-4-8-6(3-1)7-5-9-11-10-7;/h2*3-9,11-14H,1-2H3;1-5H;/q3*-1;. The quantitative estimate of drug-likeness (QED) is 0.108. The molecule has 0 saturated heterocycles. The van der Waals surface area contributed by atoms with E-state index in [0.29, 0.717) is 5.69 Å². The molecule has 0 saturated carbocycles. The van der Waals surface area contributed by atoms with Gasteiger partial charge in [0.15, 0.2) is 0 Å². The van der Waals surface area contributed by atoms with E-state index in [4.69, 9.17) is 18.9 Å². The minimum Gasteiger partial charge on any atom is -0.554 e. The predicted octanol–water partition coefficient (Wildman–Crippen LogP) is 7.54. The fraction of sp³-hybridized carbons (Fsp3) is 0.0816. The molecule has 0 unspecified atom stereocenters. The van der Waals surface area contributed by atoms with Crippen LogP contribution in [0.4, 0.5) is 0 Å². The molecule has 10 aromatic rings. The average molecular weight is 996 g/mol. The van der Waals surface area contributed by atoms with Crippen molar-refractivity contribution in [2.75, 3.05) is 28.4 Å². The van der Waals surface area contributed by atoms with Gasteiger partial charge in [-0.05, 0) is 77.7 Å². The SMILES string of the molecule is COc1c[c-]c(-n2[c-][n+](-c3ccc(OC)cc3)c3ccccc32)cc1.COc1c[c-]c(-n2[c-][n+](-c3ccc(OC)cc3)c3ccccc32)cc1.[Ir].c1ccc(-c2cnn[n-]2)nc1. The van der Waals surface area contributed by atoms with Crippen LogP contribution in [0.1, 0.15) is 0 Å². The minimum absolute atomic E-state index is 0. The van der Waals surface area contributed by atoms with Crippen molar-refractivity contribution < 1.29 is 48.2 Å². The number of pyridine rings is 1. The van der Waals surface area contributed by atoms with Crippen LogP contribution in [0, 0.1) is 24.8 Å². The third kappa shape index (κ3) is 9.39. The van der Waals surface area contributed by atoms with Crippen LogP contribution in [0.25, 0.3) is 56.2 Å². The molecule has 0 aliphatic rings. The first kappa shape index (κ1) is 42.5. The molecule has 4 aromatic heterocycles. The zero-order valence-corrected chi connectivity index (χ0v) is 36.5. The molecule has 0 N–H and O–H groups in total. The number of nitrogens with zero attached hydrogens (tertiary/aromatic N) is 8. The van der Waals surface area contributed by atoms with E-state index in [-0.39, 0.29) is 20.1 Å². The fourth-order valence-electron chi connectivity index (χ4n) is 6.47. The normalized spacial score (nSPS) is 10.5. The van der Waals surface area contributed by atoms with E-state index < -0.39 is 0 Å². The molecule has 0 bridgehead atoms. The second-order valence-corrected chi connectivity index (χ2v) is 13.2. The van der Waals surface area contributed by atoms with Crippen LogP contribution in [0.5, 0.6) is 23.0 Å². The Kier molecular flexibility index (Phi) is 13.8. The van der Waals surface area contributed by atoms with Gasteiger partial charge in [0.05, 0.1) is 67.6 Å². The molecule has 1 radical (unpaired) electrons. The third-order valence-corrected chi connectivity index (χ3v) is 9.59. The Labute approximate surface area is 372 Å². The van der Waals surface area contributed by atoms with E-state index >= 15 is 0 Å². The van der Waals surface area contributed by atoms with Crippen molar-refractivity contribution in [3.63, 3.8) is 0 Å². The molecule has 0 fully saturated rings. The molecule has 0 spiro atoms. The molecule has 13 heteroatoms. The summed E-state index contributed by atoms with van der Waals surface area (Å²) in [7, 11) is 6.63. The number of hydrogen-bond acceptors (Lipinski definition) is 7. The molecule has 6 aromatic carbocycles. The summed E-state index contributed by atoms with van der Waals surface area (Å²) in [6, 6.07) is 55.8. The minimum atomic E-state index is 0. The first-order chi connectivity index (χ1) is 30.1. The van der Waals surface area contributed by atoms with Gasteiger partial charge in [-0.2, -0.15) is 24.3 Å². The molecule has 4 heterocycles. The van der Waals surface area contributed by atoms with Gasteiger partial charge >= 0.3 is 0 Å². The molecule has 12 nitrogen and oxygen atoms in total. The zero-order valence-electron chi connectivity index (χ0n) is 34.1. The van der Waals surface area contributed by atoms with E-state index in [0.717, 1.165) is 73.5 Å². The Hall–Kier alpha value is -7.60. The summed E-state index contributed by atoms with van der Waals surface area (Å²) >= 11 is 0. The van der Waals surface area contributed by atoms with Crippen LogP contribution in [0.3, 0.4) is 0 Å². The molecule has 62 heavy (non-hydrogen) atoms. The molecular weight excluding hydrogens is 957 g/mol. The van der Waals surface area contributed by atoms with Crippen molar-refractivity contribution in [3.05, 3.63) is 189 Å². The summed E-state index contributed by atoms with van der Waals surface area (Å²) in [5.74, 6) is 3.22. The summed E-state index contributed by atoms with van der Waals surface area (Å²) in [6.45, 7) is 0. The number of imidazole rings is 2. The number of ether oxygens (including phenoxy) is 4. The second kappa shape index (κ2) is 20.1. The number of aromatic nitrogens is 8. The fourth-order valence-corrected chi connectivity index (χ4v) is 6.47. The van der Waals surface area contributed by atoms with Crippen LogP contribution in [0.15, 0.2) is 164 Å². The summed E-state index contributed by atoms with van der Waals surface area (Å²) < 4.78 is 29.0. The monoisotopic (exact) mass is 996 g/mol. The summed E-state index contributed by atoms with van der Waals surface area (Å²) in [6.07, 6.45) is 10.1. The number of benzene rings is 6. The maximum Gasteiger partial charge on any atom is 0.268 e. The molecule has 0 aliphatic carbocycles. The number of hydrogen-bond donors (Lipinski definition) is 0. The van der Waals surface area contributed by atoms with Crippen LogP contribution >= 0.6 is 0 Å². The van der Waals surface area contributed by atoms with Crippen LogP contribution in [-0.4, -0.2) is 52.9 Å². The van der Waals surface area contributed by atoms with Crippen molar-refractivity contribution in [3.8, 4) is 57.1 Å². The maximum atomic E-state index is 5.25. The number of methoxy groups -OCH3 is 4. The molecule has 0 amide bonds. The van der Waals surface area contributed by atoms with Crippen molar-refractivity contribution in [1.29, 1.82) is 0 Å². The van der Waals surface area contributed by atoms with Gasteiger partial charge in [-0.1, -0.05) is 60.8 Å². The number of fused-ring (bicyclic) bond motifs is 2. The van der Waals surface area contributed by atoms with Gasteiger partial charge in [-0.25, -0.2) is 0 Å². The van der Waals surface area contributed by atoms with E-state index in [1.54, 1.807) is 40.8 Å². The summed E-state index contributed by atoms with van der Waals surface area (Å²) in [4.78, 5) is 4.08. The Balaban J connectivity index is 0.000000149. The number of rotatable bonds is 9. The maximum absolute atomic E-state index is 5.25. The molecule has 0 atom stereocenters. The number of para-hydroxylation sites is 4. The first-order valence-corrected chi connectivity index (χ1v) is 19.1. The van der Waals surface area contributed by atoms with Gasteiger partial charge in [0.25, 0.3) is 12.7 Å². The van der Waals surface area contributed by atoms with Crippen molar-refractivity contribution in [1.82, 2.24) is 29.5 Å². The van der Waals surface area contributed by atoms with Crippen molar-refractivity contribution >= 4 is 22.1 Å². The topological polar surface area (TPSA) is 107 Å². The van der Waals surface area contributed by atoms with Crippen LogP contribution in [-0.2, 0) is 20.1 Å². The van der Waals surface area contributed by atoms with Gasteiger partial charge < -0.3 is 38.3 Å². The Morgan fingerprint density at radius 3 is 1.35 bits per heavy atom. The predicted molar refractivity (Wildman–Crippen MR) is 230 cm³/mol. The third-order valence-electron chi connectivity index (χ3n) is 9.59. The largest absolute Gasteiger partial charge is 0.554 e. The van der Waals surface area contributed by atoms with Gasteiger partial charge in [0.2, 0.25) is 0 Å². The molecular formula is C49H39IrN8O4-3. The van der Waals surface area contributed by atoms with Gasteiger partial charge in [-0.3, -0.25) is 19.3 Å². The van der Waals surface area contributed by atoms with Crippen LogP contribution in [0.2, 0.25) is 0 Å². The Morgan fingerprint density at radius 2 is 0.968 bits per heavy atom. The first-order valence-electron chi connectivity index (χ1n) is 19.1. The summed E-state index contributed by atoms with van der Waals surface area (Å²) in [5.41, 5.74) is 9.61. The van der Waals surface area contributed by atoms with E-state index in [9.17, 15) is 0 Å². The van der Waals surface area contributed by atoms with Crippen molar-refractivity contribution in [2.24, 2.45) is 0 Å². The van der Waals surface area contributed by atoms with E-state index in [2.05, 4.69) is 69.4 Å². The summed E-state index contributed by atoms with van der Waals surface area (Å²) in [5, 5.41) is 10.8. The Morgan fingerprint density at radius 1 is 0.516 bits per heavy atom. The van der Waals surface area contributed by atoms with Gasteiger partial charge in [0.1, 0.15) is 11.5 Å².